The van der Waals surface area contributed by atoms with Gasteiger partial charge in [-0.25, -0.2) is 0 Å². The highest BCUT2D eigenvalue weighted by molar-refractivity contribution is 5.96. The van der Waals surface area contributed by atoms with Crippen LogP contribution in [0.1, 0.15) is 16.7 Å². The van der Waals surface area contributed by atoms with Gasteiger partial charge in [0.1, 0.15) is 5.75 Å². The molecule has 2 aromatic carbocycles. The Morgan fingerprint density at radius 1 is 1.17 bits per heavy atom. The molecular formula is C19H19NO3. The second-order valence-corrected chi connectivity index (χ2v) is 5.78. The lowest BCUT2D eigenvalue weighted by atomic mass is 10.0. The van der Waals surface area contributed by atoms with Crippen molar-refractivity contribution in [3.63, 3.8) is 0 Å². The molecular weight excluding hydrogens is 290 g/mol. The second kappa shape index (κ2) is 5.80. The summed E-state index contributed by atoms with van der Waals surface area (Å²) in [6.45, 7) is 4.02. The number of aromatic amines is 1. The second-order valence-electron chi connectivity index (χ2n) is 5.78. The Balaban J connectivity index is 2.29. The van der Waals surface area contributed by atoms with Crippen LogP contribution >= 0.6 is 0 Å². The smallest absolute Gasteiger partial charge is 0.307 e. The van der Waals surface area contributed by atoms with E-state index in [-0.39, 0.29) is 6.42 Å². The van der Waals surface area contributed by atoms with Gasteiger partial charge in [0.05, 0.1) is 19.2 Å². The molecule has 3 aromatic rings. The number of aliphatic carboxylic acids is 1. The normalized spacial score (nSPS) is 10.9. The van der Waals surface area contributed by atoms with Gasteiger partial charge in [-0.05, 0) is 42.7 Å². The van der Waals surface area contributed by atoms with Gasteiger partial charge in [0, 0.05) is 10.9 Å². The molecule has 0 radical (unpaired) electrons. The number of rotatable bonds is 4. The third-order valence-electron chi connectivity index (χ3n) is 4.09. The number of methoxy groups -OCH3 is 1. The molecule has 23 heavy (non-hydrogen) atoms. The molecule has 4 heteroatoms. The number of ether oxygens (including phenoxy) is 1. The van der Waals surface area contributed by atoms with Crippen LogP contribution in [0.5, 0.6) is 5.75 Å². The van der Waals surface area contributed by atoms with Crippen LogP contribution in [0.4, 0.5) is 0 Å². The number of benzene rings is 2. The van der Waals surface area contributed by atoms with Crippen molar-refractivity contribution in [3.05, 3.63) is 53.1 Å². The Kier molecular flexibility index (Phi) is 3.82. The van der Waals surface area contributed by atoms with Crippen molar-refractivity contribution in [2.45, 2.75) is 20.3 Å². The van der Waals surface area contributed by atoms with Crippen LogP contribution in [0.25, 0.3) is 22.2 Å². The SMILES string of the molecule is COc1cc(C)c2[nH]c(-c3ccc(C)cc3)c(CC(=O)O)c2c1. The maximum Gasteiger partial charge on any atom is 0.307 e. The van der Waals surface area contributed by atoms with Crippen molar-refractivity contribution < 1.29 is 14.6 Å². The van der Waals surface area contributed by atoms with E-state index < -0.39 is 5.97 Å². The van der Waals surface area contributed by atoms with Gasteiger partial charge in [-0.3, -0.25) is 4.79 Å². The van der Waals surface area contributed by atoms with Crippen molar-refractivity contribution >= 4 is 16.9 Å². The van der Waals surface area contributed by atoms with Gasteiger partial charge in [0.25, 0.3) is 0 Å². The minimum absolute atomic E-state index is 0.0319. The first-order valence-corrected chi connectivity index (χ1v) is 7.47. The van der Waals surface area contributed by atoms with E-state index >= 15 is 0 Å². The number of aryl methyl sites for hydroxylation is 2. The molecule has 0 spiro atoms. The third-order valence-corrected chi connectivity index (χ3v) is 4.09. The monoisotopic (exact) mass is 309 g/mol. The van der Waals surface area contributed by atoms with Crippen molar-refractivity contribution in [3.8, 4) is 17.0 Å². The van der Waals surface area contributed by atoms with Crippen LogP contribution in [0.3, 0.4) is 0 Å². The molecule has 118 valence electrons. The van der Waals surface area contributed by atoms with Crippen LogP contribution in [0.2, 0.25) is 0 Å². The molecule has 0 amide bonds. The minimum Gasteiger partial charge on any atom is -0.497 e. The summed E-state index contributed by atoms with van der Waals surface area (Å²) in [5.74, 6) is -0.115. The maximum atomic E-state index is 11.3. The lowest BCUT2D eigenvalue weighted by molar-refractivity contribution is -0.136. The van der Waals surface area contributed by atoms with E-state index in [1.807, 2.05) is 50.2 Å². The van der Waals surface area contributed by atoms with Gasteiger partial charge in [0.2, 0.25) is 0 Å². The molecule has 0 fully saturated rings. The molecule has 0 bridgehead atoms. The van der Waals surface area contributed by atoms with Gasteiger partial charge in [0.15, 0.2) is 0 Å². The van der Waals surface area contributed by atoms with E-state index in [4.69, 9.17) is 4.74 Å². The third kappa shape index (κ3) is 2.80. The summed E-state index contributed by atoms with van der Waals surface area (Å²) in [7, 11) is 1.62. The number of aromatic nitrogens is 1. The minimum atomic E-state index is -0.847. The number of H-pyrrole nitrogens is 1. The Bertz CT molecular complexity index is 876. The van der Waals surface area contributed by atoms with E-state index in [2.05, 4.69) is 4.98 Å². The lowest BCUT2D eigenvalue weighted by Gasteiger charge is -2.05. The first-order valence-electron chi connectivity index (χ1n) is 7.47. The van der Waals surface area contributed by atoms with E-state index in [0.29, 0.717) is 0 Å². The topological polar surface area (TPSA) is 62.3 Å². The molecule has 0 aliphatic carbocycles. The molecule has 0 saturated heterocycles. The summed E-state index contributed by atoms with van der Waals surface area (Å²) in [6, 6.07) is 11.9. The Labute approximate surface area is 134 Å². The van der Waals surface area contributed by atoms with Gasteiger partial charge in [-0.1, -0.05) is 29.8 Å². The molecule has 0 saturated carbocycles. The molecule has 3 rings (SSSR count). The van der Waals surface area contributed by atoms with Crippen LogP contribution in [-0.4, -0.2) is 23.2 Å². The van der Waals surface area contributed by atoms with Gasteiger partial charge in [-0.2, -0.15) is 0 Å². The van der Waals surface area contributed by atoms with Crippen molar-refractivity contribution in [2.75, 3.05) is 7.11 Å². The van der Waals surface area contributed by atoms with Crippen LogP contribution in [-0.2, 0) is 11.2 Å². The van der Waals surface area contributed by atoms with Gasteiger partial charge in [-0.15, -0.1) is 0 Å². The molecule has 1 aromatic heterocycles. The van der Waals surface area contributed by atoms with E-state index in [0.717, 1.165) is 39.0 Å². The fraction of sp³-hybridized carbons (Fsp3) is 0.211. The van der Waals surface area contributed by atoms with Crippen LogP contribution in [0.15, 0.2) is 36.4 Å². The number of nitrogens with one attached hydrogen (secondary N) is 1. The van der Waals surface area contributed by atoms with E-state index in [1.165, 1.54) is 5.56 Å². The zero-order valence-corrected chi connectivity index (χ0v) is 13.4. The molecule has 0 aliphatic heterocycles. The fourth-order valence-electron chi connectivity index (χ4n) is 2.91. The van der Waals surface area contributed by atoms with Crippen molar-refractivity contribution in [1.82, 2.24) is 4.98 Å². The number of hydrogen-bond acceptors (Lipinski definition) is 2. The molecule has 1 heterocycles. The average Bonchev–Trinajstić information content (AvgIpc) is 2.86. The van der Waals surface area contributed by atoms with E-state index in [1.54, 1.807) is 7.11 Å². The van der Waals surface area contributed by atoms with E-state index in [9.17, 15) is 9.90 Å². The maximum absolute atomic E-state index is 11.3. The number of carbonyl (C=O) groups is 1. The summed E-state index contributed by atoms with van der Waals surface area (Å²) in [5, 5.41) is 10.2. The summed E-state index contributed by atoms with van der Waals surface area (Å²) >= 11 is 0. The van der Waals surface area contributed by atoms with Crippen LogP contribution in [0, 0.1) is 13.8 Å². The molecule has 2 N–H and O–H groups in total. The summed E-state index contributed by atoms with van der Waals surface area (Å²) in [4.78, 5) is 14.7. The van der Waals surface area contributed by atoms with Crippen molar-refractivity contribution in [1.29, 1.82) is 0 Å². The Morgan fingerprint density at radius 3 is 2.48 bits per heavy atom. The highest BCUT2D eigenvalue weighted by atomic mass is 16.5. The Hall–Kier alpha value is -2.75. The molecule has 0 atom stereocenters. The predicted octanol–water partition coefficient (Wildman–Crippen LogP) is 4.09. The quantitative estimate of drug-likeness (QED) is 0.763. The summed E-state index contributed by atoms with van der Waals surface area (Å²) < 4.78 is 5.33. The van der Waals surface area contributed by atoms with Gasteiger partial charge < -0.3 is 14.8 Å². The largest absolute Gasteiger partial charge is 0.497 e. The fourth-order valence-corrected chi connectivity index (χ4v) is 2.91. The lowest BCUT2D eigenvalue weighted by Crippen LogP contribution is -2.01. The zero-order chi connectivity index (χ0) is 16.6. The predicted molar refractivity (Wildman–Crippen MR) is 91.1 cm³/mol. The average molecular weight is 309 g/mol. The van der Waals surface area contributed by atoms with Crippen LogP contribution < -0.4 is 4.74 Å². The number of carboxylic acid groups (broad SMARTS) is 1. The highest BCUT2D eigenvalue weighted by Crippen LogP contribution is 2.35. The number of carboxylic acids is 1. The Morgan fingerprint density at radius 2 is 1.87 bits per heavy atom. The number of hydrogen-bond donors (Lipinski definition) is 2. The molecule has 0 aliphatic rings. The number of fused-ring (bicyclic) bond motifs is 1. The van der Waals surface area contributed by atoms with Gasteiger partial charge >= 0.3 is 5.97 Å². The first kappa shape index (κ1) is 15.2. The molecule has 4 nitrogen and oxygen atoms in total. The molecule has 0 unspecified atom stereocenters. The standard InChI is InChI=1S/C19H19NO3/c1-11-4-6-13(7-5-11)19-16(10-17(21)22)15-9-14(23-3)8-12(2)18(15)20-19/h4-9,20H,10H2,1-3H3,(H,21,22). The van der Waals surface area contributed by atoms with Crippen molar-refractivity contribution in [2.24, 2.45) is 0 Å². The summed E-state index contributed by atoms with van der Waals surface area (Å²) in [5.41, 5.74) is 5.79. The highest BCUT2D eigenvalue weighted by Gasteiger charge is 2.18. The zero-order valence-electron chi connectivity index (χ0n) is 13.4. The summed E-state index contributed by atoms with van der Waals surface area (Å²) in [6.07, 6.45) is -0.0319. The first-order chi connectivity index (χ1) is 11.0.